The van der Waals surface area contributed by atoms with Crippen molar-refractivity contribution in [1.82, 2.24) is 0 Å². The van der Waals surface area contributed by atoms with Crippen molar-refractivity contribution in [1.29, 1.82) is 0 Å². The number of aldehydes is 1. The van der Waals surface area contributed by atoms with Crippen LogP contribution in [0, 0.1) is 17.3 Å². The van der Waals surface area contributed by atoms with Gasteiger partial charge in [0.1, 0.15) is 6.29 Å². The first-order chi connectivity index (χ1) is 6.24. The lowest BCUT2D eigenvalue weighted by atomic mass is 9.71. The fourth-order valence-electron chi connectivity index (χ4n) is 3.04. The molecule has 0 bridgehead atoms. The molecule has 2 saturated carbocycles. The van der Waals surface area contributed by atoms with E-state index in [2.05, 4.69) is 6.92 Å². The molecule has 2 rings (SSSR count). The highest BCUT2D eigenvalue weighted by atomic mass is 16.1. The Balaban J connectivity index is 1.94. The topological polar surface area (TPSA) is 17.1 Å². The molecule has 0 aliphatic heterocycles. The van der Waals surface area contributed by atoms with Crippen molar-refractivity contribution in [3.63, 3.8) is 0 Å². The maximum Gasteiger partial charge on any atom is 0.126 e. The Kier molecular flexibility index (Phi) is 2.44. The van der Waals surface area contributed by atoms with Crippen molar-refractivity contribution >= 4 is 6.29 Å². The van der Waals surface area contributed by atoms with Crippen LogP contribution in [0.5, 0.6) is 0 Å². The minimum atomic E-state index is 0.102. The zero-order chi connectivity index (χ0) is 9.31. The highest BCUT2D eigenvalue weighted by Crippen LogP contribution is 2.47. The second-order valence-corrected chi connectivity index (χ2v) is 5.33. The van der Waals surface area contributed by atoms with Crippen molar-refractivity contribution in [3.05, 3.63) is 0 Å². The Morgan fingerprint density at radius 1 is 1.38 bits per heavy atom. The lowest BCUT2D eigenvalue weighted by molar-refractivity contribution is -0.117. The van der Waals surface area contributed by atoms with Gasteiger partial charge >= 0.3 is 0 Å². The van der Waals surface area contributed by atoms with Crippen LogP contribution in [0.1, 0.15) is 51.9 Å². The van der Waals surface area contributed by atoms with Gasteiger partial charge in [-0.25, -0.2) is 0 Å². The molecule has 0 aromatic rings. The van der Waals surface area contributed by atoms with E-state index in [9.17, 15) is 4.79 Å². The minimum absolute atomic E-state index is 0.102. The number of carbonyl (C=O) groups is 1. The Morgan fingerprint density at radius 3 is 2.54 bits per heavy atom. The highest BCUT2D eigenvalue weighted by Gasteiger charge is 2.39. The summed E-state index contributed by atoms with van der Waals surface area (Å²) in [7, 11) is 0. The first kappa shape index (κ1) is 9.23. The van der Waals surface area contributed by atoms with E-state index in [0.717, 1.165) is 24.7 Å². The molecule has 2 aliphatic carbocycles. The van der Waals surface area contributed by atoms with Crippen LogP contribution in [0.2, 0.25) is 0 Å². The third-order valence-electron chi connectivity index (χ3n) is 4.06. The highest BCUT2D eigenvalue weighted by molar-refractivity contribution is 5.60. The SMILES string of the molecule is CC1CCC(C=O)(CC2CCC2)C1. The molecule has 0 aromatic carbocycles. The Morgan fingerprint density at radius 2 is 2.15 bits per heavy atom. The van der Waals surface area contributed by atoms with Gasteiger partial charge in [0.15, 0.2) is 0 Å². The molecular weight excluding hydrogens is 160 g/mol. The summed E-state index contributed by atoms with van der Waals surface area (Å²) in [6, 6.07) is 0. The van der Waals surface area contributed by atoms with Crippen molar-refractivity contribution in [2.24, 2.45) is 17.3 Å². The van der Waals surface area contributed by atoms with E-state index in [0.29, 0.717) is 0 Å². The average Bonchev–Trinajstić information content (AvgIpc) is 2.42. The van der Waals surface area contributed by atoms with Crippen LogP contribution in [-0.2, 0) is 4.79 Å². The first-order valence-corrected chi connectivity index (χ1v) is 5.70. The smallest absolute Gasteiger partial charge is 0.126 e. The molecule has 0 radical (unpaired) electrons. The van der Waals surface area contributed by atoms with E-state index in [1.54, 1.807) is 0 Å². The van der Waals surface area contributed by atoms with Gasteiger partial charge in [-0.15, -0.1) is 0 Å². The molecule has 0 saturated heterocycles. The molecule has 0 aromatic heterocycles. The van der Waals surface area contributed by atoms with Gasteiger partial charge in [0.2, 0.25) is 0 Å². The normalized spacial score (nSPS) is 40.2. The molecule has 2 aliphatic rings. The van der Waals surface area contributed by atoms with Crippen LogP contribution in [0.25, 0.3) is 0 Å². The summed E-state index contributed by atoms with van der Waals surface area (Å²) in [5, 5.41) is 0. The summed E-state index contributed by atoms with van der Waals surface area (Å²) >= 11 is 0. The molecule has 0 spiro atoms. The van der Waals surface area contributed by atoms with E-state index >= 15 is 0 Å². The first-order valence-electron chi connectivity index (χ1n) is 5.70. The van der Waals surface area contributed by atoms with Crippen LogP contribution in [-0.4, -0.2) is 6.29 Å². The van der Waals surface area contributed by atoms with Gasteiger partial charge in [-0.05, 0) is 37.5 Å². The molecular formula is C12H20O. The quantitative estimate of drug-likeness (QED) is 0.610. The number of carbonyl (C=O) groups excluding carboxylic acids is 1. The van der Waals surface area contributed by atoms with E-state index in [1.165, 1.54) is 38.4 Å². The molecule has 0 N–H and O–H groups in total. The minimum Gasteiger partial charge on any atom is -0.303 e. The van der Waals surface area contributed by atoms with Crippen molar-refractivity contribution in [2.45, 2.75) is 51.9 Å². The van der Waals surface area contributed by atoms with E-state index in [4.69, 9.17) is 0 Å². The average molecular weight is 180 g/mol. The zero-order valence-electron chi connectivity index (χ0n) is 8.59. The summed E-state index contributed by atoms with van der Waals surface area (Å²) < 4.78 is 0. The summed E-state index contributed by atoms with van der Waals surface area (Å²) in [4.78, 5) is 11.2. The van der Waals surface area contributed by atoms with Crippen LogP contribution in [0.3, 0.4) is 0 Å². The predicted molar refractivity (Wildman–Crippen MR) is 53.5 cm³/mol. The molecule has 2 unspecified atom stereocenters. The second-order valence-electron chi connectivity index (χ2n) is 5.33. The van der Waals surface area contributed by atoms with Crippen molar-refractivity contribution in [2.75, 3.05) is 0 Å². The Bertz CT molecular complexity index is 195. The van der Waals surface area contributed by atoms with Crippen LogP contribution >= 0.6 is 0 Å². The Labute approximate surface area is 80.9 Å². The molecule has 1 heteroatoms. The molecule has 0 heterocycles. The molecule has 74 valence electrons. The maximum atomic E-state index is 11.2. The molecule has 0 amide bonds. The molecule has 2 atom stereocenters. The molecule has 2 fully saturated rings. The second kappa shape index (κ2) is 3.43. The van der Waals surface area contributed by atoms with Gasteiger partial charge in [0, 0.05) is 5.41 Å². The summed E-state index contributed by atoms with van der Waals surface area (Å²) in [6.45, 7) is 2.28. The largest absolute Gasteiger partial charge is 0.303 e. The lowest BCUT2D eigenvalue weighted by Crippen LogP contribution is -2.26. The van der Waals surface area contributed by atoms with Gasteiger partial charge in [0.05, 0.1) is 0 Å². The van der Waals surface area contributed by atoms with Gasteiger partial charge in [-0.2, -0.15) is 0 Å². The van der Waals surface area contributed by atoms with Gasteiger partial charge < -0.3 is 4.79 Å². The van der Waals surface area contributed by atoms with Crippen molar-refractivity contribution in [3.8, 4) is 0 Å². The molecule has 1 nitrogen and oxygen atoms in total. The third-order valence-corrected chi connectivity index (χ3v) is 4.06. The molecule has 13 heavy (non-hydrogen) atoms. The predicted octanol–water partition coefficient (Wildman–Crippen LogP) is 3.18. The van der Waals surface area contributed by atoms with Gasteiger partial charge in [-0.1, -0.05) is 26.2 Å². The number of hydrogen-bond donors (Lipinski definition) is 0. The summed E-state index contributed by atoms with van der Waals surface area (Å²) in [6.07, 6.45) is 10.2. The monoisotopic (exact) mass is 180 g/mol. The van der Waals surface area contributed by atoms with E-state index in [1.807, 2.05) is 0 Å². The van der Waals surface area contributed by atoms with Gasteiger partial charge in [0.25, 0.3) is 0 Å². The number of hydrogen-bond acceptors (Lipinski definition) is 1. The fourth-order valence-corrected chi connectivity index (χ4v) is 3.04. The zero-order valence-corrected chi connectivity index (χ0v) is 8.59. The Hall–Kier alpha value is -0.330. The van der Waals surface area contributed by atoms with Crippen LogP contribution < -0.4 is 0 Å². The van der Waals surface area contributed by atoms with Crippen LogP contribution in [0.15, 0.2) is 0 Å². The lowest BCUT2D eigenvalue weighted by Gasteiger charge is -2.33. The van der Waals surface area contributed by atoms with Crippen LogP contribution in [0.4, 0.5) is 0 Å². The maximum absolute atomic E-state index is 11.2. The summed E-state index contributed by atoms with van der Waals surface area (Å²) in [5.41, 5.74) is 0.102. The standard InChI is InChI=1S/C12H20O/c1-10-5-6-12(7-10,9-13)8-11-3-2-4-11/h9-11H,2-8H2,1H3. The van der Waals surface area contributed by atoms with Gasteiger partial charge in [-0.3, -0.25) is 0 Å². The fraction of sp³-hybridized carbons (Fsp3) is 0.917. The van der Waals surface area contributed by atoms with E-state index < -0.39 is 0 Å². The number of rotatable bonds is 3. The van der Waals surface area contributed by atoms with Crippen molar-refractivity contribution < 1.29 is 4.79 Å². The summed E-state index contributed by atoms with van der Waals surface area (Å²) in [5.74, 6) is 1.67. The van der Waals surface area contributed by atoms with E-state index in [-0.39, 0.29) is 5.41 Å². The third kappa shape index (κ3) is 1.79.